The van der Waals surface area contributed by atoms with Crippen molar-refractivity contribution in [2.45, 2.75) is 17.2 Å². The average Bonchev–Trinajstić information content (AvgIpc) is 2.75. The minimum atomic E-state index is -4.58. The molecule has 0 fully saturated rings. The lowest BCUT2D eigenvalue weighted by Crippen LogP contribution is -2.33. The zero-order chi connectivity index (χ0) is 15.8. The number of hydrogen-bond donors (Lipinski definition) is 1. The van der Waals surface area contributed by atoms with Crippen LogP contribution in [0.3, 0.4) is 0 Å². The van der Waals surface area contributed by atoms with Gasteiger partial charge in [-0.25, -0.2) is 13.8 Å². The molecule has 0 aliphatic carbocycles. The Morgan fingerprint density at radius 2 is 2.05 bits per heavy atom. The van der Waals surface area contributed by atoms with Crippen LogP contribution in [0.5, 0.6) is 0 Å². The van der Waals surface area contributed by atoms with Crippen molar-refractivity contribution >= 4 is 36.8 Å². The van der Waals surface area contributed by atoms with Gasteiger partial charge in [0.25, 0.3) is 10.1 Å². The standard InChI is InChI=1S/C10H8F4N2O3S2/c11-8(12)10(13,14)4-19-21(17,18)5-1-2-6-7(3-5)20-9(15)16-6/h1-3,8H,4H2,(H2,15,16). The fourth-order valence-corrected chi connectivity index (χ4v) is 3.16. The molecular weight excluding hydrogens is 336 g/mol. The summed E-state index contributed by atoms with van der Waals surface area (Å²) in [5.74, 6) is -4.55. The monoisotopic (exact) mass is 344 g/mol. The molecule has 0 aliphatic rings. The molecule has 0 amide bonds. The van der Waals surface area contributed by atoms with E-state index in [4.69, 9.17) is 5.73 Å². The van der Waals surface area contributed by atoms with E-state index < -0.39 is 34.0 Å². The Morgan fingerprint density at radius 3 is 2.67 bits per heavy atom. The first-order valence-electron chi connectivity index (χ1n) is 5.33. The number of benzene rings is 1. The molecule has 1 heterocycles. The second kappa shape index (κ2) is 5.39. The maximum absolute atomic E-state index is 12.7. The van der Waals surface area contributed by atoms with E-state index in [9.17, 15) is 26.0 Å². The van der Waals surface area contributed by atoms with Crippen molar-refractivity contribution in [2.24, 2.45) is 0 Å². The largest absolute Gasteiger partial charge is 0.375 e. The van der Waals surface area contributed by atoms with E-state index in [0.717, 1.165) is 23.5 Å². The number of aromatic nitrogens is 1. The number of alkyl halides is 4. The fraction of sp³-hybridized carbons (Fsp3) is 0.300. The molecule has 2 aromatic rings. The Morgan fingerprint density at radius 1 is 1.38 bits per heavy atom. The molecule has 0 atom stereocenters. The van der Waals surface area contributed by atoms with Crippen molar-refractivity contribution in [3.63, 3.8) is 0 Å². The van der Waals surface area contributed by atoms with Crippen molar-refractivity contribution in [3.8, 4) is 0 Å². The number of fused-ring (bicyclic) bond motifs is 1. The molecule has 2 N–H and O–H groups in total. The van der Waals surface area contributed by atoms with E-state index in [0.29, 0.717) is 10.2 Å². The van der Waals surface area contributed by atoms with Gasteiger partial charge in [0.2, 0.25) is 0 Å². The van der Waals surface area contributed by atoms with Crippen LogP contribution in [0.2, 0.25) is 0 Å². The van der Waals surface area contributed by atoms with Gasteiger partial charge in [-0.15, -0.1) is 0 Å². The highest BCUT2D eigenvalue weighted by atomic mass is 32.2. The molecule has 0 unspecified atom stereocenters. The zero-order valence-electron chi connectivity index (χ0n) is 10.1. The van der Waals surface area contributed by atoms with Crippen LogP contribution in [-0.4, -0.2) is 32.4 Å². The minimum absolute atomic E-state index is 0.199. The van der Waals surface area contributed by atoms with Crippen molar-refractivity contribution in [2.75, 3.05) is 12.3 Å². The molecule has 0 spiro atoms. The first-order valence-corrected chi connectivity index (χ1v) is 7.56. The van der Waals surface area contributed by atoms with Gasteiger partial charge in [-0.1, -0.05) is 11.3 Å². The summed E-state index contributed by atoms with van der Waals surface area (Å²) in [6.45, 7) is -1.93. The van der Waals surface area contributed by atoms with Gasteiger partial charge in [-0.2, -0.15) is 17.2 Å². The van der Waals surface area contributed by atoms with Gasteiger partial charge in [0.15, 0.2) is 5.13 Å². The summed E-state index contributed by atoms with van der Waals surface area (Å²) >= 11 is 0.989. The summed E-state index contributed by atoms with van der Waals surface area (Å²) in [4.78, 5) is 3.45. The summed E-state index contributed by atoms with van der Waals surface area (Å²) in [5.41, 5.74) is 5.87. The normalized spacial score (nSPS) is 13.2. The zero-order valence-corrected chi connectivity index (χ0v) is 11.7. The molecule has 0 radical (unpaired) electrons. The molecule has 1 aromatic heterocycles. The Kier molecular flexibility index (Phi) is 4.08. The predicted octanol–water partition coefficient (Wildman–Crippen LogP) is 2.48. The Hall–Kier alpha value is -1.46. The van der Waals surface area contributed by atoms with Gasteiger partial charge in [0.05, 0.1) is 15.1 Å². The van der Waals surface area contributed by atoms with Crippen molar-refractivity contribution < 1.29 is 30.2 Å². The topological polar surface area (TPSA) is 82.3 Å². The minimum Gasteiger partial charge on any atom is -0.375 e. The number of hydrogen-bond acceptors (Lipinski definition) is 6. The summed E-state index contributed by atoms with van der Waals surface area (Å²) in [7, 11) is -4.58. The van der Waals surface area contributed by atoms with Crippen LogP contribution < -0.4 is 5.73 Å². The Balaban J connectivity index is 2.25. The summed E-state index contributed by atoms with van der Waals surface area (Å²) in [6.07, 6.45) is -4.02. The molecule has 116 valence electrons. The van der Waals surface area contributed by atoms with Crippen LogP contribution in [0, 0.1) is 0 Å². The number of anilines is 1. The van der Waals surface area contributed by atoms with E-state index in [1.807, 2.05) is 0 Å². The van der Waals surface area contributed by atoms with Crippen LogP contribution in [-0.2, 0) is 14.3 Å². The molecule has 0 saturated heterocycles. The van der Waals surface area contributed by atoms with Gasteiger partial charge < -0.3 is 5.73 Å². The first-order chi connectivity index (χ1) is 9.62. The highest BCUT2D eigenvalue weighted by Gasteiger charge is 2.42. The SMILES string of the molecule is Nc1nc2ccc(S(=O)(=O)OCC(F)(F)C(F)F)cc2s1. The first kappa shape index (κ1) is 15.9. The average molecular weight is 344 g/mol. The Bertz CT molecular complexity index is 761. The van der Waals surface area contributed by atoms with Crippen molar-refractivity contribution in [3.05, 3.63) is 18.2 Å². The quantitative estimate of drug-likeness (QED) is 0.666. The molecule has 0 aliphatic heterocycles. The van der Waals surface area contributed by atoms with Crippen LogP contribution >= 0.6 is 11.3 Å². The highest BCUT2D eigenvalue weighted by Crippen LogP contribution is 2.28. The second-order valence-corrected chi connectivity index (χ2v) is 6.64. The highest BCUT2D eigenvalue weighted by molar-refractivity contribution is 7.86. The smallest absolute Gasteiger partial charge is 0.331 e. The van der Waals surface area contributed by atoms with E-state index in [2.05, 4.69) is 9.17 Å². The lowest BCUT2D eigenvalue weighted by molar-refractivity contribution is -0.147. The molecule has 5 nitrogen and oxygen atoms in total. The van der Waals surface area contributed by atoms with Crippen LogP contribution in [0.25, 0.3) is 10.2 Å². The molecule has 0 saturated carbocycles. The van der Waals surface area contributed by atoms with Gasteiger partial charge in [-0.3, -0.25) is 4.18 Å². The maximum Gasteiger partial charge on any atom is 0.331 e. The molecule has 0 bridgehead atoms. The van der Waals surface area contributed by atoms with Gasteiger partial charge in [0, 0.05) is 0 Å². The number of nitrogens with two attached hydrogens (primary N) is 1. The molecule has 21 heavy (non-hydrogen) atoms. The molecule has 2 rings (SSSR count). The number of rotatable bonds is 5. The van der Waals surface area contributed by atoms with Gasteiger partial charge >= 0.3 is 12.3 Å². The number of halogens is 4. The number of nitrogen functional groups attached to an aromatic ring is 1. The van der Waals surface area contributed by atoms with Crippen LogP contribution in [0.1, 0.15) is 0 Å². The third-order valence-electron chi connectivity index (χ3n) is 2.39. The molecule has 11 heteroatoms. The predicted molar refractivity (Wildman–Crippen MR) is 68.1 cm³/mol. The third kappa shape index (κ3) is 3.41. The lowest BCUT2D eigenvalue weighted by atomic mass is 10.3. The summed E-state index contributed by atoms with van der Waals surface area (Å²) < 4.78 is 77.1. The molecular formula is C10H8F4N2O3S2. The van der Waals surface area contributed by atoms with E-state index in [1.165, 1.54) is 6.07 Å². The van der Waals surface area contributed by atoms with E-state index >= 15 is 0 Å². The van der Waals surface area contributed by atoms with Crippen molar-refractivity contribution in [1.29, 1.82) is 0 Å². The summed E-state index contributed by atoms with van der Waals surface area (Å²) in [6, 6.07) is 3.50. The van der Waals surface area contributed by atoms with E-state index in [-0.39, 0.29) is 5.13 Å². The fourth-order valence-electron chi connectivity index (χ4n) is 1.37. The lowest BCUT2D eigenvalue weighted by Gasteiger charge is -2.14. The second-order valence-electron chi connectivity index (χ2n) is 3.96. The maximum atomic E-state index is 12.7. The number of nitrogens with zero attached hydrogens (tertiary/aromatic N) is 1. The third-order valence-corrected chi connectivity index (χ3v) is 4.50. The van der Waals surface area contributed by atoms with Crippen LogP contribution in [0.4, 0.5) is 22.7 Å². The number of thiazole rings is 1. The van der Waals surface area contributed by atoms with Gasteiger partial charge in [0.1, 0.15) is 6.61 Å². The van der Waals surface area contributed by atoms with Gasteiger partial charge in [-0.05, 0) is 18.2 Å². The Labute approximate surface area is 120 Å². The van der Waals surface area contributed by atoms with E-state index in [1.54, 1.807) is 0 Å². The summed E-state index contributed by atoms with van der Waals surface area (Å²) in [5, 5.41) is 0.199. The molecule has 1 aromatic carbocycles. The van der Waals surface area contributed by atoms with Crippen LogP contribution in [0.15, 0.2) is 23.1 Å². The van der Waals surface area contributed by atoms with Crippen molar-refractivity contribution in [1.82, 2.24) is 4.98 Å².